The predicted octanol–water partition coefficient (Wildman–Crippen LogP) is 4.65. The van der Waals surface area contributed by atoms with Crippen LogP contribution in [0.4, 0.5) is 5.69 Å². The number of fused-ring (bicyclic) bond motifs is 1. The maximum atomic E-state index is 12.7. The summed E-state index contributed by atoms with van der Waals surface area (Å²) in [4.78, 5) is 25.3. The van der Waals surface area contributed by atoms with E-state index in [1.54, 1.807) is 26.2 Å². The second-order valence-electron chi connectivity index (χ2n) is 6.66. The highest BCUT2D eigenvalue weighted by atomic mass is 16.5. The number of anilines is 1. The van der Waals surface area contributed by atoms with Crippen molar-refractivity contribution in [3.63, 3.8) is 0 Å². The molecule has 0 spiro atoms. The Morgan fingerprint density at radius 3 is 2.18 bits per heavy atom. The molecule has 5 nitrogen and oxygen atoms in total. The molecule has 0 aliphatic rings. The van der Waals surface area contributed by atoms with Crippen LogP contribution in [0.15, 0.2) is 54.6 Å². The van der Waals surface area contributed by atoms with E-state index >= 15 is 0 Å². The van der Waals surface area contributed by atoms with Crippen molar-refractivity contribution in [2.75, 3.05) is 12.4 Å². The number of amides is 1. The van der Waals surface area contributed by atoms with Gasteiger partial charge in [-0.2, -0.15) is 0 Å². The summed E-state index contributed by atoms with van der Waals surface area (Å²) >= 11 is 0. The highest BCUT2D eigenvalue weighted by Crippen LogP contribution is 2.29. The maximum absolute atomic E-state index is 12.7. The highest BCUT2D eigenvalue weighted by molar-refractivity contribution is 6.07. The number of nitrogens with one attached hydrogen (secondary N) is 1. The Morgan fingerprint density at radius 1 is 0.893 bits per heavy atom. The first-order valence-electron chi connectivity index (χ1n) is 9.06. The van der Waals surface area contributed by atoms with Gasteiger partial charge in [0.25, 0.3) is 5.91 Å². The number of ether oxygens (including phenoxy) is 2. The van der Waals surface area contributed by atoms with Gasteiger partial charge in [-0.25, -0.2) is 4.79 Å². The van der Waals surface area contributed by atoms with E-state index in [9.17, 15) is 9.59 Å². The number of hydrogen-bond acceptors (Lipinski definition) is 4. The summed E-state index contributed by atoms with van der Waals surface area (Å²) in [7, 11) is 1.58. The van der Waals surface area contributed by atoms with Gasteiger partial charge in [0.2, 0.25) is 0 Å². The van der Waals surface area contributed by atoms with Gasteiger partial charge in [0.05, 0.1) is 12.7 Å². The fourth-order valence-electron chi connectivity index (χ4n) is 3.14. The molecule has 0 saturated carbocycles. The first-order valence-corrected chi connectivity index (χ1v) is 9.06. The minimum Gasteiger partial charge on any atom is -0.496 e. The maximum Gasteiger partial charge on any atom is 0.339 e. The fraction of sp³-hybridized carbons (Fsp3) is 0.217. The van der Waals surface area contributed by atoms with Gasteiger partial charge < -0.3 is 14.8 Å². The average Bonchev–Trinajstić information content (AvgIpc) is 2.69. The smallest absolute Gasteiger partial charge is 0.339 e. The van der Waals surface area contributed by atoms with Gasteiger partial charge in [-0.1, -0.05) is 42.5 Å². The average molecular weight is 377 g/mol. The summed E-state index contributed by atoms with van der Waals surface area (Å²) in [6, 6.07) is 16.6. The molecule has 0 aliphatic heterocycles. The number of aryl methyl sites for hydroxylation is 2. The third-order valence-corrected chi connectivity index (χ3v) is 4.71. The minimum atomic E-state index is -0.938. The van der Waals surface area contributed by atoms with E-state index in [2.05, 4.69) is 5.32 Å². The number of carbonyl (C=O) groups excluding carboxylic acids is 2. The van der Waals surface area contributed by atoms with Crippen molar-refractivity contribution >= 4 is 28.3 Å². The summed E-state index contributed by atoms with van der Waals surface area (Å²) in [6.07, 6.45) is -0.938. The van der Waals surface area contributed by atoms with Crippen molar-refractivity contribution in [3.05, 3.63) is 71.3 Å². The number of rotatable bonds is 5. The number of methoxy groups -OCH3 is 1. The van der Waals surface area contributed by atoms with Crippen LogP contribution in [0.2, 0.25) is 0 Å². The van der Waals surface area contributed by atoms with Crippen molar-refractivity contribution in [2.24, 2.45) is 0 Å². The standard InChI is InChI=1S/C23H23NO4/c1-14-8-7-9-15(2)21(14)24-22(25)16(3)28-23(26)19-12-13-20(27-4)18-11-6-5-10-17(18)19/h5-13,16H,1-4H3,(H,24,25)/t16-/m1/s1. The van der Waals surface area contributed by atoms with Gasteiger partial charge >= 0.3 is 5.97 Å². The lowest BCUT2D eigenvalue weighted by molar-refractivity contribution is -0.123. The van der Waals surface area contributed by atoms with Crippen LogP contribution in [0.25, 0.3) is 10.8 Å². The molecule has 0 heterocycles. The van der Waals surface area contributed by atoms with Crippen LogP contribution < -0.4 is 10.1 Å². The molecule has 144 valence electrons. The molecule has 0 saturated heterocycles. The molecule has 0 aromatic heterocycles. The number of esters is 1. The van der Waals surface area contributed by atoms with Crippen LogP contribution in [-0.2, 0) is 9.53 Å². The zero-order chi connectivity index (χ0) is 20.3. The lowest BCUT2D eigenvalue weighted by Gasteiger charge is -2.17. The van der Waals surface area contributed by atoms with Crippen LogP contribution in [0.1, 0.15) is 28.4 Å². The van der Waals surface area contributed by atoms with Crippen LogP contribution in [-0.4, -0.2) is 25.1 Å². The largest absolute Gasteiger partial charge is 0.496 e. The Labute approximate surface area is 164 Å². The van der Waals surface area contributed by atoms with Crippen molar-refractivity contribution < 1.29 is 19.1 Å². The molecule has 0 unspecified atom stereocenters. The van der Waals surface area contributed by atoms with Gasteiger partial charge in [-0.15, -0.1) is 0 Å². The van der Waals surface area contributed by atoms with E-state index in [1.165, 1.54) is 0 Å². The molecular weight excluding hydrogens is 354 g/mol. The van der Waals surface area contributed by atoms with Crippen LogP contribution >= 0.6 is 0 Å². The second-order valence-corrected chi connectivity index (χ2v) is 6.66. The number of benzene rings is 3. The van der Waals surface area contributed by atoms with E-state index in [4.69, 9.17) is 9.47 Å². The van der Waals surface area contributed by atoms with E-state index in [1.807, 2.05) is 56.3 Å². The third-order valence-electron chi connectivity index (χ3n) is 4.71. The molecule has 3 aromatic rings. The molecular formula is C23H23NO4. The van der Waals surface area contributed by atoms with Crippen molar-refractivity contribution in [1.82, 2.24) is 0 Å². The number of carbonyl (C=O) groups is 2. The Kier molecular flexibility index (Phi) is 5.64. The molecule has 0 fully saturated rings. The van der Waals surface area contributed by atoms with Gasteiger partial charge in [0.15, 0.2) is 6.10 Å². The predicted molar refractivity (Wildman–Crippen MR) is 110 cm³/mol. The lowest BCUT2D eigenvalue weighted by atomic mass is 10.0. The topological polar surface area (TPSA) is 64.6 Å². The number of hydrogen-bond donors (Lipinski definition) is 1. The summed E-state index contributed by atoms with van der Waals surface area (Å²) < 4.78 is 10.8. The molecule has 0 aliphatic carbocycles. The summed E-state index contributed by atoms with van der Waals surface area (Å²) in [5.41, 5.74) is 3.04. The Balaban J connectivity index is 1.79. The van der Waals surface area contributed by atoms with Gasteiger partial charge in [0.1, 0.15) is 5.75 Å². The quantitative estimate of drug-likeness (QED) is 0.658. The van der Waals surface area contributed by atoms with E-state index in [-0.39, 0.29) is 5.91 Å². The zero-order valence-electron chi connectivity index (χ0n) is 16.4. The Morgan fingerprint density at radius 2 is 1.54 bits per heavy atom. The molecule has 3 aromatic carbocycles. The monoisotopic (exact) mass is 377 g/mol. The molecule has 5 heteroatoms. The van der Waals surface area contributed by atoms with Crippen molar-refractivity contribution in [1.29, 1.82) is 0 Å². The molecule has 0 bridgehead atoms. The molecule has 0 radical (unpaired) electrons. The Bertz CT molecular complexity index is 1020. The summed E-state index contributed by atoms with van der Waals surface area (Å²) in [5, 5.41) is 4.38. The third kappa shape index (κ3) is 3.83. The lowest BCUT2D eigenvalue weighted by Crippen LogP contribution is -2.30. The van der Waals surface area contributed by atoms with Crippen LogP contribution in [0, 0.1) is 13.8 Å². The van der Waals surface area contributed by atoms with Crippen LogP contribution in [0.3, 0.4) is 0 Å². The molecule has 1 N–H and O–H groups in total. The normalized spacial score (nSPS) is 11.7. The van der Waals surface area contributed by atoms with Gasteiger partial charge in [-0.05, 0) is 49.4 Å². The number of para-hydroxylation sites is 1. The highest BCUT2D eigenvalue weighted by Gasteiger charge is 2.22. The van der Waals surface area contributed by atoms with E-state index in [0.717, 1.165) is 22.2 Å². The van der Waals surface area contributed by atoms with Gasteiger partial charge in [0, 0.05) is 11.1 Å². The van der Waals surface area contributed by atoms with Crippen LogP contribution in [0.5, 0.6) is 5.75 Å². The molecule has 1 atom stereocenters. The fourth-order valence-corrected chi connectivity index (χ4v) is 3.14. The van der Waals surface area contributed by atoms with E-state index < -0.39 is 12.1 Å². The first-order chi connectivity index (χ1) is 13.4. The minimum absolute atomic E-state index is 0.372. The zero-order valence-corrected chi connectivity index (χ0v) is 16.4. The van der Waals surface area contributed by atoms with Gasteiger partial charge in [-0.3, -0.25) is 4.79 Å². The summed E-state index contributed by atoms with van der Waals surface area (Å²) in [5.74, 6) is -0.250. The molecule has 3 rings (SSSR count). The Hall–Kier alpha value is -3.34. The summed E-state index contributed by atoms with van der Waals surface area (Å²) in [6.45, 7) is 5.40. The van der Waals surface area contributed by atoms with Crippen molar-refractivity contribution in [2.45, 2.75) is 26.9 Å². The first kappa shape index (κ1) is 19.4. The van der Waals surface area contributed by atoms with Crippen molar-refractivity contribution in [3.8, 4) is 5.75 Å². The van der Waals surface area contributed by atoms with E-state index in [0.29, 0.717) is 16.7 Å². The SMILES string of the molecule is COc1ccc(C(=O)O[C@H](C)C(=O)Nc2c(C)cccc2C)c2ccccc12. The molecule has 1 amide bonds. The molecule has 28 heavy (non-hydrogen) atoms. The second kappa shape index (κ2) is 8.13.